The maximum atomic E-state index is 8.94. The van der Waals surface area contributed by atoms with Gasteiger partial charge in [0.1, 0.15) is 5.75 Å². The SMILES string of the molecule is CC(C)c1ccc(O)cc1.S. The van der Waals surface area contributed by atoms with Crippen LogP contribution in [-0.4, -0.2) is 5.11 Å². The van der Waals surface area contributed by atoms with Crippen LogP contribution in [0.1, 0.15) is 25.3 Å². The van der Waals surface area contributed by atoms with Crippen molar-refractivity contribution in [2.24, 2.45) is 0 Å². The molecule has 0 unspecified atom stereocenters. The maximum Gasteiger partial charge on any atom is 0.115 e. The highest BCUT2D eigenvalue weighted by Gasteiger charge is 1.96. The van der Waals surface area contributed by atoms with Crippen LogP contribution in [0.4, 0.5) is 0 Å². The summed E-state index contributed by atoms with van der Waals surface area (Å²) in [6.45, 7) is 4.26. The first-order valence-electron chi connectivity index (χ1n) is 3.49. The van der Waals surface area contributed by atoms with Crippen LogP contribution in [0.15, 0.2) is 24.3 Å². The van der Waals surface area contributed by atoms with Gasteiger partial charge in [-0.2, -0.15) is 13.5 Å². The first-order valence-corrected chi connectivity index (χ1v) is 3.49. The highest BCUT2D eigenvalue weighted by molar-refractivity contribution is 7.59. The zero-order chi connectivity index (χ0) is 7.56. The van der Waals surface area contributed by atoms with E-state index in [-0.39, 0.29) is 13.5 Å². The Bertz CT molecular complexity index is 203. The summed E-state index contributed by atoms with van der Waals surface area (Å²) in [5.74, 6) is 0.880. The van der Waals surface area contributed by atoms with Crippen LogP contribution in [0.3, 0.4) is 0 Å². The molecule has 0 aliphatic rings. The summed E-state index contributed by atoms with van der Waals surface area (Å²) in [4.78, 5) is 0. The fraction of sp³-hybridized carbons (Fsp3) is 0.333. The van der Waals surface area contributed by atoms with E-state index in [0.29, 0.717) is 11.7 Å². The summed E-state index contributed by atoms with van der Waals surface area (Å²) in [5, 5.41) is 8.94. The van der Waals surface area contributed by atoms with E-state index in [1.807, 2.05) is 12.1 Å². The Morgan fingerprint density at radius 2 is 1.55 bits per heavy atom. The summed E-state index contributed by atoms with van der Waals surface area (Å²) in [6, 6.07) is 7.32. The lowest BCUT2D eigenvalue weighted by Crippen LogP contribution is -1.84. The Labute approximate surface area is 74.5 Å². The largest absolute Gasteiger partial charge is 0.508 e. The average molecular weight is 170 g/mol. The van der Waals surface area contributed by atoms with Gasteiger partial charge in [-0.3, -0.25) is 0 Å². The predicted octanol–water partition coefficient (Wildman–Crippen LogP) is 2.63. The summed E-state index contributed by atoms with van der Waals surface area (Å²) in [5.41, 5.74) is 1.26. The van der Waals surface area contributed by atoms with Crippen molar-refractivity contribution < 1.29 is 5.11 Å². The molecule has 62 valence electrons. The molecule has 0 radical (unpaired) electrons. The van der Waals surface area contributed by atoms with Crippen LogP contribution in [0, 0.1) is 0 Å². The number of aromatic hydroxyl groups is 1. The van der Waals surface area contributed by atoms with Crippen molar-refractivity contribution >= 4 is 13.5 Å². The van der Waals surface area contributed by atoms with Gasteiger partial charge in [0.05, 0.1) is 0 Å². The second kappa shape index (κ2) is 4.29. The summed E-state index contributed by atoms with van der Waals surface area (Å²) >= 11 is 0. The van der Waals surface area contributed by atoms with Crippen LogP contribution in [0.5, 0.6) is 5.75 Å². The van der Waals surface area contributed by atoms with Crippen molar-refractivity contribution in [2.75, 3.05) is 0 Å². The van der Waals surface area contributed by atoms with E-state index in [2.05, 4.69) is 13.8 Å². The zero-order valence-electron chi connectivity index (χ0n) is 6.83. The molecule has 0 bridgehead atoms. The van der Waals surface area contributed by atoms with E-state index in [4.69, 9.17) is 5.11 Å². The minimum atomic E-state index is 0. The van der Waals surface area contributed by atoms with Crippen molar-refractivity contribution in [1.29, 1.82) is 0 Å². The molecular formula is C9H14OS. The molecule has 0 aliphatic carbocycles. The van der Waals surface area contributed by atoms with Crippen LogP contribution in [0.2, 0.25) is 0 Å². The van der Waals surface area contributed by atoms with Crippen LogP contribution < -0.4 is 0 Å². The first-order chi connectivity index (χ1) is 4.70. The molecule has 0 heterocycles. The first kappa shape index (κ1) is 10.4. The number of phenols is 1. The number of phenolic OH excluding ortho intramolecular Hbond substituents is 1. The normalized spacial score (nSPS) is 9.36. The monoisotopic (exact) mass is 170 g/mol. The second-order valence-electron chi connectivity index (χ2n) is 2.75. The lowest BCUT2D eigenvalue weighted by atomic mass is 10.0. The molecule has 1 aromatic rings. The molecule has 0 fully saturated rings. The van der Waals surface area contributed by atoms with Gasteiger partial charge in [-0.15, -0.1) is 0 Å². The van der Waals surface area contributed by atoms with Gasteiger partial charge in [0.15, 0.2) is 0 Å². The van der Waals surface area contributed by atoms with Gasteiger partial charge in [-0.05, 0) is 23.6 Å². The lowest BCUT2D eigenvalue weighted by molar-refractivity contribution is 0.475. The van der Waals surface area contributed by atoms with Gasteiger partial charge in [0.2, 0.25) is 0 Å². The van der Waals surface area contributed by atoms with E-state index in [0.717, 1.165) is 0 Å². The highest BCUT2D eigenvalue weighted by Crippen LogP contribution is 2.16. The Hall–Kier alpha value is -0.630. The Morgan fingerprint density at radius 1 is 1.09 bits per heavy atom. The quantitative estimate of drug-likeness (QED) is 0.687. The van der Waals surface area contributed by atoms with Crippen molar-refractivity contribution in [3.63, 3.8) is 0 Å². The van der Waals surface area contributed by atoms with Gasteiger partial charge in [0, 0.05) is 0 Å². The third-order valence-corrected chi connectivity index (χ3v) is 1.56. The minimum absolute atomic E-state index is 0. The van der Waals surface area contributed by atoms with E-state index < -0.39 is 0 Å². The molecule has 0 aromatic heterocycles. The third-order valence-electron chi connectivity index (χ3n) is 1.56. The molecule has 0 saturated heterocycles. The smallest absolute Gasteiger partial charge is 0.115 e. The molecule has 1 nitrogen and oxygen atoms in total. The zero-order valence-corrected chi connectivity index (χ0v) is 7.83. The van der Waals surface area contributed by atoms with Gasteiger partial charge in [-0.1, -0.05) is 26.0 Å². The lowest BCUT2D eigenvalue weighted by Gasteiger charge is -2.03. The number of hydrogen-bond donors (Lipinski definition) is 1. The number of hydrogen-bond acceptors (Lipinski definition) is 1. The summed E-state index contributed by atoms with van der Waals surface area (Å²) in [7, 11) is 0. The molecule has 1 rings (SSSR count). The highest BCUT2D eigenvalue weighted by atomic mass is 32.1. The fourth-order valence-corrected chi connectivity index (χ4v) is 0.859. The average Bonchev–Trinajstić information content (AvgIpc) is 1.88. The Balaban J connectivity index is 0.000001000. The molecule has 2 heteroatoms. The second-order valence-corrected chi connectivity index (χ2v) is 2.75. The van der Waals surface area contributed by atoms with Crippen LogP contribution in [0.25, 0.3) is 0 Å². The topological polar surface area (TPSA) is 20.2 Å². The summed E-state index contributed by atoms with van der Waals surface area (Å²) in [6.07, 6.45) is 0. The molecule has 1 N–H and O–H groups in total. The summed E-state index contributed by atoms with van der Waals surface area (Å²) < 4.78 is 0. The minimum Gasteiger partial charge on any atom is -0.508 e. The maximum absolute atomic E-state index is 8.94. The Morgan fingerprint density at radius 3 is 1.91 bits per heavy atom. The van der Waals surface area contributed by atoms with Crippen molar-refractivity contribution in [3.8, 4) is 5.75 Å². The van der Waals surface area contributed by atoms with E-state index in [1.54, 1.807) is 12.1 Å². The molecule has 0 aliphatic heterocycles. The van der Waals surface area contributed by atoms with Crippen LogP contribution in [-0.2, 0) is 0 Å². The fourth-order valence-electron chi connectivity index (χ4n) is 0.859. The molecule has 0 atom stereocenters. The molecule has 0 spiro atoms. The third kappa shape index (κ3) is 2.85. The number of rotatable bonds is 1. The molecule has 0 amide bonds. The van der Waals surface area contributed by atoms with Crippen LogP contribution >= 0.6 is 13.5 Å². The van der Waals surface area contributed by atoms with Crippen molar-refractivity contribution in [1.82, 2.24) is 0 Å². The predicted molar refractivity (Wildman–Crippen MR) is 52.6 cm³/mol. The van der Waals surface area contributed by atoms with Gasteiger partial charge in [0.25, 0.3) is 0 Å². The molecule has 0 saturated carbocycles. The van der Waals surface area contributed by atoms with Gasteiger partial charge >= 0.3 is 0 Å². The Kier molecular flexibility index (Phi) is 4.04. The van der Waals surface area contributed by atoms with Gasteiger partial charge in [-0.25, -0.2) is 0 Å². The van der Waals surface area contributed by atoms with Gasteiger partial charge < -0.3 is 5.11 Å². The van der Waals surface area contributed by atoms with E-state index in [1.165, 1.54) is 5.56 Å². The van der Waals surface area contributed by atoms with E-state index >= 15 is 0 Å². The molecular weight excluding hydrogens is 156 g/mol. The standard InChI is InChI=1S/C9H12O.H2S/c1-7(2)8-3-5-9(10)6-4-8;/h3-7,10H,1-2H3;1H2. The molecule has 1 aromatic carbocycles. The van der Waals surface area contributed by atoms with E-state index in [9.17, 15) is 0 Å². The number of benzene rings is 1. The molecule has 11 heavy (non-hydrogen) atoms. The van der Waals surface area contributed by atoms with Crippen molar-refractivity contribution in [3.05, 3.63) is 29.8 Å². The van der Waals surface area contributed by atoms with Crippen molar-refractivity contribution in [2.45, 2.75) is 19.8 Å².